The topological polar surface area (TPSA) is 0 Å². The first kappa shape index (κ1) is 18.7. The largest absolute Gasteiger partial charge is 0.0498 e. The van der Waals surface area contributed by atoms with Crippen molar-refractivity contribution >= 4 is 63.7 Å². The molecule has 0 aliphatic heterocycles. The molecule has 0 radical (unpaired) electrons. The Morgan fingerprint density at radius 2 is 0.545 bits per heavy atom. The van der Waals surface area contributed by atoms with Gasteiger partial charge in [-0.2, -0.15) is 0 Å². The highest BCUT2D eigenvalue weighted by atomic mass is 79.9. The van der Waals surface area contributed by atoms with E-state index in [0.717, 1.165) is 17.9 Å². The van der Waals surface area contributed by atoms with Gasteiger partial charge in [-0.3, -0.25) is 0 Å². The van der Waals surface area contributed by atoms with Crippen LogP contribution in [0.2, 0.25) is 0 Å². The Morgan fingerprint density at radius 3 is 0.727 bits per heavy atom. The summed E-state index contributed by atoms with van der Waals surface area (Å²) in [5.41, 5.74) is 10.2. The van der Waals surface area contributed by atoms with Crippen LogP contribution in [0, 0.1) is 41.5 Å². The summed E-state index contributed by atoms with van der Waals surface area (Å²) in [6.07, 6.45) is 0. The highest BCUT2D eigenvalue weighted by Gasteiger charge is 2.23. The molecule has 0 aromatic heterocycles. The van der Waals surface area contributed by atoms with Gasteiger partial charge in [0.25, 0.3) is 0 Å². The van der Waals surface area contributed by atoms with Crippen LogP contribution in [0.25, 0.3) is 11.1 Å². The van der Waals surface area contributed by atoms with E-state index >= 15 is 0 Å². The van der Waals surface area contributed by atoms with Crippen LogP contribution < -0.4 is 0 Å². The molecule has 0 unspecified atom stereocenters. The molecule has 0 spiro atoms. The van der Waals surface area contributed by atoms with Gasteiger partial charge in [-0.15, -0.1) is 0 Å². The van der Waals surface area contributed by atoms with Crippen molar-refractivity contribution < 1.29 is 0 Å². The third-order valence-corrected chi connectivity index (χ3v) is 8.66. The molecule has 0 saturated heterocycles. The van der Waals surface area contributed by atoms with Crippen LogP contribution in [0.5, 0.6) is 0 Å². The highest BCUT2D eigenvalue weighted by Crippen LogP contribution is 2.49. The van der Waals surface area contributed by atoms with Gasteiger partial charge in [-0.25, -0.2) is 0 Å². The van der Waals surface area contributed by atoms with Gasteiger partial charge in [0.2, 0.25) is 0 Å². The predicted molar refractivity (Wildman–Crippen MR) is 111 cm³/mol. The predicted octanol–water partition coefficient (Wildman–Crippen LogP) is 8.25. The van der Waals surface area contributed by atoms with Gasteiger partial charge in [-0.1, -0.05) is 0 Å². The summed E-state index contributed by atoms with van der Waals surface area (Å²) in [6.45, 7) is 13.0. The van der Waals surface area contributed by atoms with Crippen molar-refractivity contribution in [3.63, 3.8) is 0 Å². The van der Waals surface area contributed by atoms with Crippen molar-refractivity contribution in [3.05, 3.63) is 51.3 Å². The van der Waals surface area contributed by atoms with Crippen LogP contribution in [-0.2, 0) is 0 Å². The minimum Gasteiger partial charge on any atom is -0.0498 e. The Labute approximate surface area is 166 Å². The van der Waals surface area contributed by atoms with Crippen LogP contribution in [0.1, 0.15) is 33.4 Å². The quantitative estimate of drug-likeness (QED) is 0.333. The normalized spacial score (nSPS) is 11.2. The minimum absolute atomic E-state index is 1.14. The van der Waals surface area contributed by atoms with Crippen LogP contribution in [0.3, 0.4) is 0 Å². The van der Waals surface area contributed by atoms with Gasteiger partial charge in [0.05, 0.1) is 0 Å². The Balaban J connectivity index is 3.03. The van der Waals surface area contributed by atoms with E-state index in [0.29, 0.717) is 0 Å². The maximum atomic E-state index is 3.82. The Kier molecular flexibility index (Phi) is 5.69. The van der Waals surface area contributed by atoms with Crippen LogP contribution in [0.15, 0.2) is 17.9 Å². The number of halogens is 4. The molecule has 4 heteroatoms. The van der Waals surface area contributed by atoms with Crippen molar-refractivity contribution in [2.45, 2.75) is 41.5 Å². The van der Waals surface area contributed by atoms with Gasteiger partial charge >= 0.3 is 0 Å². The molecular formula is C18H18Br4. The molecule has 0 heterocycles. The molecule has 0 fully saturated rings. The second-order valence-electron chi connectivity index (χ2n) is 5.76. The van der Waals surface area contributed by atoms with E-state index in [-0.39, 0.29) is 0 Å². The first-order chi connectivity index (χ1) is 10.1. The molecule has 2 rings (SSSR count). The SMILES string of the molecule is Cc1c(C)c(Br)c(-c2c(Br)c(C)c(C)c(C)c2Br)c(Br)c1C. The molecule has 2 aromatic rings. The van der Waals surface area contributed by atoms with E-state index in [9.17, 15) is 0 Å². The van der Waals surface area contributed by atoms with E-state index in [1.807, 2.05) is 0 Å². The van der Waals surface area contributed by atoms with Crippen molar-refractivity contribution in [1.29, 1.82) is 0 Å². The lowest BCUT2D eigenvalue weighted by Crippen LogP contribution is -1.99. The minimum atomic E-state index is 1.14. The van der Waals surface area contributed by atoms with Gasteiger partial charge in [-0.05, 0) is 139 Å². The molecule has 0 aliphatic rings. The number of benzene rings is 2. The second kappa shape index (κ2) is 6.70. The van der Waals surface area contributed by atoms with Gasteiger partial charge in [0, 0.05) is 29.0 Å². The van der Waals surface area contributed by atoms with Crippen molar-refractivity contribution in [2.75, 3.05) is 0 Å². The molecule has 22 heavy (non-hydrogen) atoms. The van der Waals surface area contributed by atoms with E-state index in [1.54, 1.807) is 0 Å². The average molecular weight is 554 g/mol. The first-order valence-electron chi connectivity index (χ1n) is 7.01. The standard InChI is InChI=1S/C18H18Br4/c1-7-9(3)15(19)13(16(20)10(7)4)14-17(21)11(5)8(2)12(6)18(14)22/h1-6H3. The number of rotatable bonds is 1. The van der Waals surface area contributed by atoms with E-state index in [2.05, 4.69) is 105 Å². The summed E-state index contributed by atoms with van der Waals surface area (Å²) < 4.78 is 4.58. The summed E-state index contributed by atoms with van der Waals surface area (Å²) in [5.74, 6) is 0. The maximum Gasteiger partial charge on any atom is 0.0297 e. The molecule has 118 valence electrons. The monoisotopic (exact) mass is 550 g/mol. The fourth-order valence-electron chi connectivity index (χ4n) is 2.60. The fraction of sp³-hybridized carbons (Fsp3) is 0.333. The summed E-state index contributed by atoms with van der Waals surface area (Å²) in [5, 5.41) is 0. The molecule has 0 amide bonds. The summed E-state index contributed by atoms with van der Waals surface area (Å²) in [4.78, 5) is 0. The lowest BCUT2D eigenvalue weighted by Gasteiger charge is -2.22. The zero-order valence-electron chi connectivity index (χ0n) is 13.5. The molecule has 0 bridgehead atoms. The van der Waals surface area contributed by atoms with Crippen molar-refractivity contribution in [2.24, 2.45) is 0 Å². The average Bonchev–Trinajstić information content (AvgIpc) is 2.50. The summed E-state index contributed by atoms with van der Waals surface area (Å²) >= 11 is 15.3. The van der Waals surface area contributed by atoms with Gasteiger partial charge in [0.15, 0.2) is 0 Å². The molecule has 0 saturated carbocycles. The molecule has 0 atom stereocenters. The highest BCUT2D eigenvalue weighted by molar-refractivity contribution is 9.11. The van der Waals surface area contributed by atoms with Gasteiger partial charge in [0.1, 0.15) is 0 Å². The smallest absolute Gasteiger partial charge is 0.0297 e. The van der Waals surface area contributed by atoms with Crippen LogP contribution in [0.4, 0.5) is 0 Å². The molecule has 0 N–H and O–H groups in total. The summed E-state index contributed by atoms with van der Waals surface area (Å²) in [7, 11) is 0. The number of hydrogen-bond acceptors (Lipinski definition) is 0. The van der Waals surface area contributed by atoms with Crippen LogP contribution >= 0.6 is 63.7 Å². The van der Waals surface area contributed by atoms with Crippen molar-refractivity contribution in [3.8, 4) is 11.1 Å². The molecule has 0 aliphatic carbocycles. The molecule has 2 aromatic carbocycles. The summed E-state index contributed by atoms with van der Waals surface area (Å²) in [6, 6.07) is 0. The van der Waals surface area contributed by atoms with Crippen LogP contribution in [-0.4, -0.2) is 0 Å². The van der Waals surface area contributed by atoms with E-state index in [1.165, 1.54) is 44.5 Å². The Bertz CT molecular complexity index is 663. The Morgan fingerprint density at radius 1 is 0.364 bits per heavy atom. The third kappa shape index (κ3) is 2.78. The van der Waals surface area contributed by atoms with Gasteiger partial charge < -0.3 is 0 Å². The lowest BCUT2D eigenvalue weighted by atomic mass is 9.92. The van der Waals surface area contributed by atoms with E-state index in [4.69, 9.17) is 0 Å². The maximum absolute atomic E-state index is 3.82. The zero-order chi connectivity index (χ0) is 16.9. The lowest BCUT2D eigenvalue weighted by molar-refractivity contribution is 1.21. The zero-order valence-corrected chi connectivity index (χ0v) is 19.9. The third-order valence-electron chi connectivity index (χ3n) is 4.69. The fourth-order valence-corrected chi connectivity index (χ4v) is 5.91. The molecule has 0 nitrogen and oxygen atoms in total. The Hall–Kier alpha value is 0.360. The first-order valence-corrected chi connectivity index (χ1v) is 10.2. The van der Waals surface area contributed by atoms with E-state index < -0.39 is 0 Å². The van der Waals surface area contributed by atoms with Crippen molar-refractivity contribution in [1.82, 2.24) is 0 Å². The molecular weight excluding hydrogens is 536 g/mol. The number of hydrogen-bond donors (Lipinski definition) is 0. The second-order valence-corrected chi connectivity index (χ2v) is 8.93.